The van der Waals surface area contributed by atoms with Crippen LogP contribution in [0.4, 0.5) is 25.1 Å². The van der Waals surface area contributed by atoms with E-state index in [0.717, 1.165) is 32.0 Å². The van der Waals surface area contributed by atoms with Crippen LogP contribution in [-0.4, -0.2) is 58.4 Å². The molecule has 12 heteroatoms. The lowest BCUT2D eigenvalue weighted by atomic mass is 9.92. The van der Waals surface area contributed by atoms with E-state index in [-0.39, 0.29) is 24.1 Å². The van der Waals surface area contributed by atoms with Crippen molar-refractivity contribution in [1.82, 2.24) is 20.1 Å². The number of ether oxygens (including phenoxy) is 1. The van der Waals surface area contributed by atoms with E-state index in [1.54, 1.807) is 17.3 Å². The molecule has 2 fully saturated rings. The fraction of sp³-hybridized carbons (Fsp3) is 0.538. The van der Waals surface area contributed by atoms with E-state index < -0.39 is 29.4 Å². The smallest absolute Gasteiger partial charge is 0.324 e. The van der Waals surface area contributed by atoms with Gasteiger partial charge in [0.2, 0.25) is 5.95 Å². The van der Waals surface area contributed by atoms with E-state index in [9.17, 15) is 13.2 Å². The summed E-state index contributed by atoms with van der Waals surface area (Å²) in [6.07, 6.45) is 5.02. The molecule has 38 heavy (non-hydrogen) atoms. The quantitative estimate of drug-likeness (QED) is 0.453. The average molecular weight is 532 g/mol. The van der Waals surface area contributed by atoms with Crippen molar-refractivity contribution in [3.8, 4) is 5.75 Å². The van der Waals surface area contributed by atoms with Gasteiger partial charge < -0.3 is 24.8 Å². The summed E-state index contributed by atoms with van der Waals surface area (Å²) >= 11 is 0. The molecule has 9 nitrogen and oxygen atoms in total. The van der Waals surface area contributed by atoms with E-state index >= 15 is 0 Å². The predicted molar refractivity (Wildman–Crippen MR) is 135 cm³/mol. The van der Waals surface area contributed by atoms with Crippen molar-refractivity contribution in [3.05, 3.63) is 53.4 Å². The van der Waals surface area contributed by atoms with Gasteiger partial charge in [-0.25, -0.2) is 23.1 Å². The van der Waals surface area contributed by atoms with Crippen LogP contribution in [0.15, 0.2) is 29.0 Å². The van der Waals surface area contributed by atoms with E-state index in [1.807, 2.05) is 20.8 Å². The first-order chi connectivity index (χ1) is 18.2. The number of rotatable bonds is 7. The minimum Gasteiger partial charge on any atom is -0.487 e. The molecule has 2 saturated heterocycles. The van der Waals surface area contributed by atoms with Crippen molar-refractivity contribution in [2.24, 2.45) is 11.7 Å². The van der Waals surface area contributed by atoms with Crippen LogP contribution in [0, 0.1) is 23.4 Å². The van der Waals surface area contributed by atoms with Crippen LogP contribution in [0.2, 0.25) is 0 Å². The topological polar surface area (TPSA) is 106 Å². The third-order valence-corrected chi connectivity index (χ3v) is 7.44. The molecule has 5 rings (SSSR count). The molecule has 3 unspecified atom stereocenters. The Kier molecular flexibility index (Phi) is 7.42. The van der Waals surface area contributed by atoms with Crippen LogP contribution >= 0.6 is 0 Å². The number of aromatic nitrogens is 4. The van der Waals surface area contributed by atoms with E-state index in [0.29, 0.717) is 42.1 Å². The molecule has 3 atom stereocenters. The summed E-state index contributed by atoms with van der Waals surface area (Å²) in [5.74, 6) is -1.40. The van der Waals surface area contributed by atoms with Crippen molar-refractivity contribution < 1.29 is 22.4 Å². The molecule has 0 radical (unpaired) electrons. The van der Waals surface area contributed by atoms with Gasteiger partial charge in [-0.3, -0.25) is 0 Å². The molecule has 1 aromatic carbocycles. The minimum absolute atomic E-state index is 0.0403. The van der Waals surface area contributed by atoms with Crippen LogP contribution in [0.1, 0.15) is 56.8 Å². The van der Waals surface area contributed by atoms with E-state index in [2.05, 4.69) is 25.0 Å². The maximum Gasteiger partial charge on any atom is 0.324 e. The van der Waals surface area contributed by atoms with Crippen molar-refractivity contribution in [1.29, 1.82) is 0 Å². The fourth-order valence-electron chi connectivity index (χ4n) is 5.14. The molecule has 0 bridgehead atoms. The zero-order valence-electron chi connectivity index (χ0n) is 21.6. The Bertz CT molecular complexity index is 1250. The molecule has 0 spiro atoms. The fourth-order valence-corrected chi connectivity index (χ4v) is 5.14. The Balaban J connectivity index is 1.15. The maximum atomic E-state index is 14.3. The van der Waals surface area contributed by atoms with Crippen LogP contribution < -0.4 is 20.3 Å². The number of halogens is 3. The van der Waals surface area contributed by atoms with Gasteiger partial charge in [0.15, 0.2) is 23.2 Å². The summed E-state index contributed by atoms with van der Waals surface area (Å²) in [5, 5.41) is 4.05. The molecule has 0 aliphatic carbocycles. The molecule has 0 amide bonds. The number of benzene rings is 1. The number of piperidine rings is 1. The van der Waals surface area contributed by atoms with Crippen LogP contribution in [0.3, 0.4) is 0 Å². The van der Waals surface area contributed by atoms with Gasteiger partial charge in [0.05, 0.1) is 18.5 Å². The van der Waals surface area contributed by atoms with Gasteiger partial charge in [0, 0.05) is 50.1 Å². The normalized spacial score (nSPS) is 21.4. The van der Waals surface area contributed by atoms with Crippen LogP contribution in [-0.2, 0) is 0 Å². The highest BCUT2D eigenvalue weighted by Crippen LogP contribution is 2.32. The Labute approximate surface area is 219 Å². The summed E-state index contributed by atoms with van der Waals surface area (Å²) in [6.45, 7) is 8.37. The molecule has 3 aromatic rings. The first kappa shape index (κ1) is 26.2. The lowest BCUT2D eigenvalue weighted by Gasteiger charge is -2.33. The second-order valence-electron chi connectivity index (χ2n) is 10.4. The number of anilines is 2. The summed E-state index contributed by atoms with van der Waals surface area (Å²) in [4.78, 5) is 17.2. The van der Waals surface area contributed by atoms with Gasteiger partial charge in [-0.1, -0.05) is 19.0 Å². The molecule has 204 valence electrons. The number of nitrogens with zero attached hydrogens (tertiary/aromatic N) is 6. The standard InChI is InChI=1S/C26H32F3N7O2/c1-14(2)24-33-26(38-34-24)35-6-4-16(5-7-35)15(3)37-17-10-31-25(32-11-17)36-12-19(23(30)13-36)18-8-21(28)22(29)9-20(18)27/h8-11,14-16,19,23H,4-7,12-13,30H2,1-3H3. The van der Waals surface area contributed by atoms with E-state index in [1.165, 1.54) is 0 Å². The summed E-state index contributed by atoms with van der Waals surface area (Å²) in [6, 6.07) is 1.53. The Morgan fingerprint density at radius 1 is 0.974 bits per heavy atom. The van der Waals surface area contributed by atoms with E-state index in [4.69, 9.17) is 15.0 Å². The zero-order chi connectivity index (χ0) is 27.0. The highest BCUT2D eigenvalue weighted by atomic mass is 19.2. The molecular formula is C26H32F3N7O2. The Hall–Kier alpha value is -3.41. The molecule has 2 aromatic heterocycles. The number of hydrogen-bond donors (Lipinski definition) is 1. The Morgan fingerprint density at radius 3 is 2.32 bits per heavy atom. The molecule has 2 N–H and O–H groups in total. The molecule has 0 saturated carbocycles. The minimum atomic E-state index is -1.22. The summed E-state index contributed by atoms with van der Waals surface area (Å²) in [7, 11) is 0. The maximum absolute atomic E-state index is 14.3. The van der Waals surface area contributed by atoms with Crippen molar-refractivity contribution in [3.63, 3.8) is 0 Å². The predicted octanol–water partition coefficient (Wildman–Crippen LogP) is 4.02. The van der Waals surface area contributed by atoms with Crippen molar-refractivity contribution in [2.45, 2.75) is 57.6 Å². The summed E-state index contributed by atoms with van der Waals surface area (Å²) in [5.41, 5.74) is 6.27. The van der Waals surface area contributed by atoms with Crippen molar-refractivity contribution in [2.75, 3.05) is 36.0 Å². The van der Waals surface area contributed by atoms with Gasteiger partial charge in [0.25, 0.3) is 0 Å². The third-order valence-electron chi connectivity index (χ3n) is 7.44. The first-order valence-corrected chi connectivity index (χ1v) is 12.9. The molecule has 4 heterocycles. The number of nitrogens with two attached hydrogens (primary N) is 1. The van der Waals surface area contributed by atoms with Gasteiger partial charge in [-0.05, 0) is 37.3 Å². The van der Waals surface area contributed by atoms with Crippen molar-refractivity contribution >= 4 is 12.0 Å². The highest BCUT2D eigenvalue weighted by Gasteiger charge is 2.35. The zero-order valence-corrected chi connectivity index (χ0v) is 21.6. The van der Waals surface area contributed by atoms with Gasteiger partial charge >= 0.3 is 6.01 Å². The Morgan fingerprint density at radius 2 is 1.66 bits per heavy atom. The molecule has 2 aliphatic heterocycles. The second kappa shape index (κ2) is 10.8. The van der Waals surface area contributed by atoms with Crippen LogP contribution in [0.5, 0.6) is 5.75 Å². The second-order valence-corrected chi connectivity index (χ2v) is 10.4. The monoisotopic (exact) mass is 531 g/mol. The lowest BCUT2D eigenvalue weighted by molar-refractivity contribution is 0.131. The SMILES string of the molecule is CC(C)c1noc(N2CCC(C(C)Oc3cnc(N4CC(N)C(c5cc(F)c(F)cc5F)C4)nc3)CC2)n1. The molecular weight excluding hydrogens is 499 g/mol. The third kappa shape index (κ3) is 5.40. The highest BCUT2D eigenvalue weighted by molar-refractivity contribution is 5.39. The summed E-state index contributed by atoms with van der Waals surface area (Å²) < 4.78 is 52.9. The van der Waals surface area contributed by atoms with Gasteiger partial charge in [-0.2, -0.15) is 4.98 Å². The lowest BCUT2D eigenvalue weighted by Crippen LogP contribution is -2.38. The van der Waals surface area contributed by atoms with Gasteiger partial charge in [0.1, 0.15) is 5.82 Å². The van der Waals surface area contributed by atoms with Gasteiger partial charge in [-0.15, -0.1) is 0 Å². The number of hydrogen-bond acceptors (Lipinski definition) is 9. The largest absolute Gasteiger partial charge is 0.487 e. The molecule has 2 aliphatic rings. The first-order valence-electron chi connectivity index (χ1n) is 12.9. The average Bonchev–Trinajstić information content (AvgIpc) is 3.54. The van der Waals surface area contributed by atoms with Crippen LogP contribution in [0.25, 0.3) is 0 Å².